The quantitative estimate of drug-likeness (QED) is 0.473. The van der Waals surface area contributed by atoms with Gasteiger partial charge in [-0.05, 0) is 65.1 Å². The van der Waals surface area contributed by atoms with Crippen LogP contribution in [0, 0.1) is 3.57 Å². The van der Waals surface area contributed by atoms with Gasteiger partial charge in [-0.25, -0.2) is 0 Å². The highest BCUT2D eigenvalue weighted by Gasteiger charge is 2.33. The lowest BCUT2D eigenvalue weighted by Crippen LogP contribution is -2.20. The molecule has 29 heavy (non-hydrogen) atoms. The third-order valence-corrected chi connectivity index (χ3v) is 4.55. The number of nitrogens with zero attached hydrogens (tertiary/aromatic N) is 1. The minimum absolute atomic E-state index is 0.0334. The first kappa shape index (κ1) is 20.8. The Bertz CT molecular complexity index is 1060. The van der Waals surface area contributed by atoms with Gasteiger partial charge in [0.25, 0.3) is 11.8 Å². The fraction of sp³-hybridized carbons (Fsp3) is 0.0500. The lowest BCUT2D eigenvalue weighted by molar-refractivity contribution is -0.136. The van der Waals surface area contributed by atoms with Crippen molar-refractivity contribution >= 4 is 45.8 Å². The number of amides is 2. The largest absolute Gasteiger partial charge is 0.418 e. The molecule has 0 fully saturated rings. The molecule has 148 valence electrons. The first-order valence-electron chi connectivity index (χ1n) is 8.24. The van der Waals surface area contributed by atoms with Gasteiger partial charge in [0.2, 0.25) is 0 Å². The van der Waals surface area contributed by atoms with E-state index in [1.807, 2.05) is 22.6 Å². The minimum atomic E-state index is -4.62. The molecule has 2 aromatic carbocycles. The third-order valence-electron chi connectivity index (χ3n) is 3.88. The second-order valence-electron chi connectivity index (χ2n) is 5.88. The number of anilines is 2. The highest BCUT2D eigenvalue weighted by atomic mass is 127. The van der Waals surface area contributed by atoms with Crippen LogP contribution in [0.5, 0.6) is 0 Å². The van der Waals surface area contributed by atoms with Crippen molar-refractivity contribution in [3.05, 3.63) is 87.3 Å². The first-order chi connectivity index (χ1) is 13.8. The Morgan fingerprint density at radius 2 is 1.62 bits per heavy atom. The van der Waals surface area contributed by atoms with Crippen molar-refractivity contribution in [1.82, 2.24) is 4.98 Å². The molecule has 9 heteroatoms. The molecule has 0 unspecified atom stereocenters. The highest BCUT2D eigenvalue weighted by molar-refractivity contribution is 14.1. The topological polar surface area (TPSA) is 71.1 Å². The van der Waals surface area contributed by atoms with Crippen molar-refractivity contribution in [2.24, 2.45) is 0 Å². The van der Waals surface area contributed by atoms with E-state index in [4.69, 9.17) is 0 Å². The van der Waals surface area contributed by atoms with Crippen LogP contribution >= 0.6 is 22.6 Å². The number of halogens is 4. The fourth-order valence-electron chi connectivity index (χ4n) is 2.53. The van der Waals surface area contributed by atoms with Gasteiger partial charge in [-0.2, -0.15) is 13.2 Å². The van der Waals surface area contributed by atoms with E-state index in [0.717, 1.165) is 6.07 Å². The summed E-state index contributed by atoms with van der Waals surface area (Å²) in [6.07, 6.45) is -1.74. The molecule has 0 aliphatic rings. The Morgan fingerprint density at radius 1 is 0.897 bits per heavy atom. The van der Waals surface area contributed by atoms with Crippen molar-refractivity contribution in [3.63, 3.8) is 0 Å². The van der Waals surface area contributed by atoms with Crippen molar-refractivity contribution in [1.29, 1.82) is 0 Å². The summed E-state index contributed by atoms with van der Waals surface area (Å²) < 4.78 is 40.2. The zero-order valence-electron chi connectivity index (χ0n) is 14.6. The van der Waals surface area contributed by atoms with Crippen LogP contribution in [0.25, 0.3) is 0 Å². The minimum Gasteiger partial charge on any atom is -0.321 e. The van der Waals surface area contributed by atoms with E-state index in [2.05, 4.69) is 15.6 Å². The second-order valence-corrected chi connectivity index (χ2v) is 7.13. The zero-order chi connectivity index (χ0) is 21.0. The number of rotatable bonds is 4. The average molecular weight is 511 g/mol. The van der Waals surface area contributed by atoms with Crippen molar-refractivity contribution in [3.8, 4) is 0 Å². The van der Waals surface area contributed by atoms with Crippen LogP contribution in [0.3, 0.4) is 0 Å². The standard InChI is InChI=1S/C20H13F3IN3O2/c21-20(22,23)15-5-1-2-6-17(15)27-19(29)14-10-13(24)7-8-16(14)26-18(28)12-4-3-9-25-11-12/h1-11H,(H,26,28)(H,27,29). The van der Waals surface area contributed by atoms with Crippen LogP contribution in [0.4, 0.5) is 24.5 Å². The van der Waals surface area contributed by atoms with E-state index < -0.39 is 23.6 Å². The monoisotopic (exact) mass is 511 g/mol. The molecule has 3 rings (SSSR count). The van der Waals surface area contributed by atoms with Gasteiger partial charge >= 0.3 is 6.18 Å². The van der Waals surface area contributed by atoms with E-state index in [0.29, 0.717) is 3.57 Å². The molecule has 0 saturated heterocycles. The fourth-order valence-corrected chi connectivity index (χ4v) is 3.03. The Morgan fingerprint density at radius 3 is 2.31 bits per heavy atom. The van der Waals surface area contributed by atoms with Crippen molar-refractivity contribution in [2.45, 2.75) is 6.18 Å². The number of pyridine rings is 1. The zero-order valence-corrected chi connectivity index (χ0v) is 16.8. The number of nitrogens with one attached hydrogen (secondary N) is 2. The SMILES string of the molecule is O=C(Nc1ccc(I)cc1C(=O)Nc1ccccc1C(F)(F)F)c1cccnc1. The smallest absolute Gasteiger partial charge is 0.321 e. The van der Waals surface area contributed by atoms with Gasteiger partial charge in [-0.3, -0.25) is 14.6 Å². The Hall–Kier alpha value is -2.95. The van der Waals surface area contributed by atoms with Gasteiger partial charge in [0.05, 0.1) is 28.1 Å². The summed E-state index contributed by atoms with van der Waals surface area (Å²) in [6, 6.07) is 12.5. The van der Waals surface area contributed by atoms with Gasteiger partial charge < -0.3 is 10.6 Å². The molecule has 0 atom stereocenters. The Balaban J connectivity index is 1.90. The molecule has 3 aromatic rings. The van der Waals surface area contributed by atoms with Crippen LogP contribution in [-0.4, -0.2) is 16.8 Å². The summed E-state index contributed by atoms with van der Waals surface area (Å²) >= 11 is 1.97. The van der Waals surface area contributed by atoms with Crippen molar-refractivity contribution in [2.75, 3.05) is 10.6 Å². The summed E-state index contributed by atoms with van der Waals surface area (Å²) in [4.78, 5) is 29.0. The summed E-state index contributed by atoms with van der Waals surface area (Å²) in [7, 11) is 0. The maximum absolute atomic E-state index is 13.2. The van der Waals surface area contributed by atoms with Gasteiger partial charge in [-0.1, -0.05) is 12.1 Å². The van der Waals surface area contributed by atoms with E-state index in [1.165, 1.54) is 42.7 Å². The first-order valence-corrected chi connectivity index (χ1v) is 9.32. The molecule has 0 bridgehead atoms. The van der Waals surface area contributed by atoms with Gasteiger partial charge in [0.15, 0.2) is 0 Å². The average Bonchev–Trinajstić information content (AvgIpc) is 2.69. The third kappa shape index (κ3) is 5.11. The Labute approximate surface area is 177 Å². The van der Waals surface area contributed by atoms with Crippen LogP contribution in [-0.2, 0) is 6.18 Å². The van der Waals surface area contributed by atoms with Gasteiger partial charge in [0, 0.05) is 16.0 Å². The second kappa shape index (κ2) is 8.60. The van der Waals surface area contributed by atoms with Gasteiger partial charge in [0.1, 0.15) is 0 Å². The summed E-state index contributed by atoms with van der Waals surface area (Å²) in [6.45, 7) is 0. The molecule has 1 aromatic heterocycles. The van der Waals surface area contributed by atoms with Crippen molar-refractivity contribution < 1.29 is 22.8 Å². The maximum atomic E-state index is 13.2. The van der Waals surface area contributed by atoms with Crippen LogP contribution in [0.1, 0.15) is 26.3 Å². The lowest BCUT2D eigenvalue weighted by atomic mass is 10.1. The molecule has 1 heterocycles. The number of hydrogen-bond acceptors (Lipinski definition) is 3. The summed E-state index contributed by atoms with van der Waals surface area (Å²) in [5, 5.41) is 4.89. The molecule has 2 amide bonds. The highest BCUT2D eigenvalue weighted by Crippen LogP contribution is 2.35. The van der Waals surface area contributed by atoms with E-state index in [-0.39, 0.29) is 22.5 Å². The van der Waals surface area contributed by atoms with E-state index in [9.17, 15) is 22.8 Å². The maximum Gasteiger partial charge on any atom is 0.418 e. The van der Waals surface area contributed by atoms with Gasteiger partial charge in [-0.15, -0.1) is 0 Å². The lowest BCUT2D eigenvalue weighted by Gasteiger charge is -2.15. The molecular formula is C20H13F3IN3O2. The molecule has 5 nitrogen and oxygen atoms in total. The van der Waals surface area contributed by atoms with Crippen LogP contribution in [0.2, 0.25) is 0 Å². The number of aromatic nitrogens is 1. The molecule has 0 saturated carbocycles. The number of para-hydroxylation sites is 1. The normalized spacial score (nSPS) is 11.0. The number of carbonyl (C=O) groups is 2. The van der Waals surface area contributed by atoms with Crippen LogP contribution in [0.15, 0.2) is 67.0 Å². The predicted octanol–water partition coefficient (Wildman–Crippen LogP) is 5.21. The Kier molecular flexibility index (Phi) is 6.16. The molecule has 0 spiro atoms. The summed E-state index contributed by atoms with van der Waals surface area (Å²) in [5.74, 6) is -1.27. The molecule has 0 aliphatic heterocycles. The molecular weight excluding hydrogens is 498 g/mol. The van der Waals surface area contributed by atoms with Crippen LogP contribution < -0.4 is 10.6 Å². The molecule has 0 aliphatic carbocycles. The number of carbonyl (C=O) groups excluding carboxylic acids is 2. The number of alkyl halides is 3. The number of hydrogen-bond donors (Lipinski definition) is 2. The molecule has 2 N–H and O–H groups in total. The van der Waals surface area contributed by atoms with E-state index >= 15 is 0 Å². The molecule has 0 radical (unpaired) electrons. The number of benzene rings is 2. The predicted molar refractivity (Wildman–Crippen MR) is 111 cm³/mol. The van der Waals surface area contributed by atoms with E-state index in [1.54, 1.807) is 18.2 Å². The summed E-state index contributed by atoms with van der Waals surface area (Å²) in [5.41, 5.74) is -0.847.